The van der Waals surface area contributed by atoms with E-state index in [1.54, 1.807) is 18.2 Å². The number of hydrogen-bond acceptors (Lipinski definition) is 1. The average molecular weight is 259 g/mol. The summed E-state index contributed by atoms with van der Waals surface area (Å²) in [5.41, 5.74) is 0.522. The molecule has 0 amide bonds. The summed E-state index contributed by atoms with van der Waals surface area (Å²) in [7, 11) is 0. The Labute approximate surface area is 91.4 Å². The molecule has 0 heterocycles. The van der Waals surface area contributed by atoms with Crippen molar-refractivity contribution in [1.29, 1.82) is 0 Å². The highest BCUT2D eigenvalue weighted by Crippen LogP contribution is 2.17. The van der Waals surface area contributed by atoms with Gasteiger partial charge in [-0.1, -0.05) is 22.0 Å². The predicted molar refractivity (Wildman–Crippen MR) is 58.6 cm³/mol. The summed E-state index contributed by atoms with van der Waals surface area (Å²) in [6, 6.07) is 4.71. The minimum atomic E-state index is -0.559. The van der Waals surface area contributed by atoms with Crippen molar-refractivity contribution >= 4 is 15.9 Å². The molecule has 1 aromatic carbocycles. The van der Waals surface area contributed by atoms with Crippen LogP contribution in [0.5, 0.6) is 0 Å². The molecule has 0 saturated heterocycles. The van der Waals surface area contributed by atoms with E-state index >= 15 is 0 Å². The fraction of sp³-hybridized carbons (Fsp3) is 0.273. The summed E-state index contributed by atoms with van der Waals surface area (Å²) in [4.78, 5) is 0. The van der Waals surface area contributed by atoms with Crippen LogP contribution in [0.25, 0.3) is 0 Å². The Morgan fingerprint density at radius 2 is 2.29 bits per heavy atom. The van der Waals surface area contributed by atoms with Crippen LogP contribution < -0.4 is 0 Å². The van der Waals surface area contributed by atoms with Gasteiger partial charge in [-0.3, -0.25) is 0 Å². The van der Waals surface area contributed by atoms with Gasteiger partial charge in [0.25, 0.3) is 0 Å². The van der Waals surface area contributed by atoms with E-state index in [0.717, 1.165) is 4.47 Å². The van der Waals surface area contributed by atoms with E-state index in [2.05, 4.69) is 22.5 Å². The van der Waals surface area contributed by atoms with E-state index in [1.165, 1.54) is 6.07 Å². The van der Waals surface area contributed by atoms with Crippen molar-refractivity contribution in [2.75, 3.05) is 0 Å². The predicted octanol–water partition coefficient (Wildman–Crippen LogP) is 3.07. The fourth-order valence-electron chi connectivity index (χ4n) is 1.23. The zero-order chi connectivity index (χ0) is 10.6. The Morgan fingerprint density at radius 1 is 1.57 bits per heavy atom. The number of rotatable bonds is 4. The molecule has 0 radical (unpaired) electrons. The largest absolute Gasteiger partial charge is 0.392 e. The fourth-order valence-corrected chi connectivity index (χ4v) is 1.64. The maximum absolute atomic E-state index is 13.2. The second-order valence-corrected chi connectivity index (χ2v) is 4.03. The molecule has 0 bridgehead atoms. The molecular formula is C11H12BrFO. The first-order valence-corrected chi connectivity index (χ1v) is 5.15. The molecule has 0 saturated carbocycles. The molecular weight excluding hydrogens is 247 g/mol. The number of halogens is 2. The van der Waals surface area contributed by atoms with Crippen molar-refractivity contribution in [3.63, 3.8) is 0 Å². The average Bonchev–Trinajstić information content (AvgIpc) is 2.12. The first kappa shape index (κ1) is 11.4. The van der Waals surface area contributed by atoms with Gasteiger partial charge in [-0.25, -0.2) is 4.39 Å². The molecule has 1 unspecified atom stereocenters. The molecule has 3 heteroatoms. The van der Waals surface area contributed by atoms with Gasteiger partial charge in [0.1, 0.15) is 5.82 Å². The number of benzene rings is 1. The van der Waals surface area contributed by atoms with Gasteiger partial charge >= 0.3 is 0 Å². The monoisotopic (exact) mass is 258 g/mol. The Balaban J connectivity index is 2.74. The van der Waals surface area contributed by atoms with Gasteiger partial charge < -0.3 is 5.11 Å². The molecule has 0 fully saturated rings. The van der Waals surface area contributed by atoms with Crippen LogP contribution in [-0.4, -0.2) is 11.2 Å². The van der Waals surface area contributed by atoms with Crippen LogP contribution in [0.4, 0.5) is 4.39 Å². The lowest BCUT2D eigenvalue weighted by Crippen LogP contribution is -2.10. The van der Waals surface area contributed by atoms with Crippen LogP contribution >= 0.6 is 15.9 Å². The minimum absolute atomic E-state index is 0.281. The third-order valence-corrected chi connectivity index (χ3v) is 2.40. The van der Waals surface area contributed by atoms with Crippen LogP contribution in [0, 0.1) is 5.82 Å². The summed E-state index contributed by atoms with van der Waals surface area (Å²) in [6.07, 6.45) is 1.86. The third kappa shape index (κ3) is 3.24. The van der Waals surface area contributed by atoms with Crippen LogP contribution in [0.3, 0.4) is 0 Å². The molecule has 1 N–H and O–H groups in total. The molecule has 0 aliphatic heterocycles. The molecule has 1 atom stereocenters. The first-order valence-electron chi connectivity index (χ1n) is 4.36. The molecule has 0 aliphatic rings. The maximum Gasteiger partial charge on any atom is 0.126 e. The highest BCUT2D eigenvalue weighted by molar-refractivity contribution is 9.10. The Morgan fingerprint density at radius 3 is 2.93 bits per heavy atom. The second-order valence-electron chi connectivity index (χ2n) is 3.12. The van der Waals surface area contributed by atoms with Gasteiger partial charge in [-0.15, -0.1) is 6.58 Å². The Hall–Kier alpha value is -0.670. The van der Waals surface area contributed by atoms with E-state index in [1.807, 2.05) is 0 Å². The molecule has 1 nitrogen and oxygen atoms in total. The molecule has 76 valence electrons. The number of aliphatic hydroxyl groups is 1. The zero-order valence-electron chi connectivity index (χ0n) is 7.71. The Kier molecular flexibility index (Phi) is 4.29. The van der Waals surface area contributed by atoms with Crippen molar-refractivity contribution in [3.8, 4) is 0 Å². The molecule has 1 aromatic rings. The van der Waals surface area contributed by atoms with Gasteiger partial charge in [0.2, 0.25) is 0 Å². The quantitative estimate of drug-likeness (QED) is 0.824. The van der Waals surface area contributed by atoms with Crippen LogP contribution in [-0.2, 0) is 6.42 Å². The number of hydrogen-bond donors (Lipinski definition) is 1. The summed E-state index contributed by atoms with van der Waals surface area (Å²) >= 11 is 3.26. The van der Waals surface area contributed by atoms with E-state index in [9.17, 15) is 9.50 Å². The van der Waals surface area contributed by atoms with Crippen molar-refractivity contribution in [3.05, 3.63) is 46.7 Å². The van der Waals surface area contributed by atoms with Gasteiger partial charge in [0, 0.05) is 10.9 Å². The SMILES string of the molecule is C=CCC(O)Cc1cc(Br)ccc1F. The van der Waals surface area contributed by atoms with E-state index < -0.39 is 6.10 Å². The van der Waals surface area contributed by atoms with Crippen molar-refractivity contribution < 1.29 is 9.50 Å². The lowest BCUT2D eigenvalue weighted by Gasteiger charge is -2.08. The van der Waals surface area contributed by atoms with Gasteiger partial charge in [-0.05, 0) is 30.2 Å². The topological polar surface area (TPSA) is 20.2 Å². The van der Waals surface area contributed by atoms with Crippen molar-refractivity contribution in [1.82, 2.24) is 0 Å². The smallest absolute Gasteiger partial charge is 0.126 e. The normalized spacial score (nSPS) is 12.5. The zero-order valence-corrected chi connectivity index (χ0v) is 9.30. The van der Waals surface area contributed by atoms with Gasteiger partial charge in [0.05, 0.1) is 6.10 Å². The highest BCUT2D eigenvalue weighted by Gasteiger charge is 2.08. The van der Waals surface area contributed by atoms with Gasteiger partial charge in [-0.2, -0.15) is 0 Å². The van der Waals surface area contributed by atoms with Crippen LogP contribution in [0.1, 0.15) is 12.0 Å². The Bertz CT molecular complexity index is 325. The molecule has 1 rings (SSSR count). The summed E-state index contributed by atoms with van der Waals surface area (Å²) in [5.74, 6) is -0.281. The van der Waals surface area contributed by atoms with E-state index in [-0.39, 0.29) is 5.82 Å². The summed E-state index contributed by atoms with van der Waals surface area (Å²) in [6.45, 7) is 3.52. The standard InChI is InChI=1S/C11H12BrFO/c1-2-3-10(14)7-8-6-9(12)4-5-11(8)13/h2,4-6,10,14H,1,3,7H2. The lowest BCUT2D eigenvalue weighted by molar-refractivity contribution is 0.177. The molecule has 14 heavy (non-hydrogen) atoms. The minimum Gasteiger partial charge on any atom is -0.392 e. The second kappa shape index (κ2) is 5.27. The lowest BCUT2D eigenvalue weighted by atomic mass is 10.1. The van der Waals surface area contributed by atoms with Crippen LogP contribution in [0.15, 0.2) is 35.3 Å². The molecule has 0 aromatic heterocycles. The maximum atomic E-state index is 13.2. The van der Waals surface area contributed by atoms with E-state index in [4.69, 9.17) is 0 Å². The summed E-state index contributed by atoms with van der Waals surface area (Å²) < 4.78 is 14.0. The van der Waals surface area contributed by atoms with Crippen molar-refractivity contribution in [2.24, 2.45) is 0 Å². The third-order valence-electron chi connectivity index (χ3n) is 1.90. The highest BCUT2D eigenvalue weighted by atomic mass is 79.9. The van der Waals surface area contributed by atoms with Crippen molar-refractivity contribution in [2.45, 2.75) is 18.9 Å². The molecule has 0 aliphatic carbocycles. The van der Waals surface area contributed by atoms with E-state index in [0.29, 0.717) is 18.4 Å². The molecule has 0 spiro atoms. The number of aliphatic hydroxyl groups excluding tert-OH is 1. The van der Waals surface area contributed by atoms with Crippen LogP contribution in [0.2, 0.25) is 0 Å². The first-order chi connectivity index (χ1) is 6.63. The van der Waals surface area contributed by atoms with Gasteiger partial charge in [0.15, 0.2) is 0 Å². The summed E-state index contributed by atoms with van der Waals surface area (Å²) in [5, 5.41) is 9.46.